The molecule has 0 radical (unpaired) electrons. The van der Waals surface area contributed by atoms with E-state index in [1.165, 1.54) is 7.11 Å². The molecule has 2 heterocycles. The monoisotopic (exact) mass is 348 g/mol. The lowest BCUT2D eigenvalue weighted by Crippen LogP contribution is -2.47. The van der Waals surface area contributed by atoms with Gasteiger partial charge >= 0.3 is 12.0 Å². The summed E-state index contributed by atoms with van der Waals surface area (Å²) in [5, 5.41) is 3.17. The first-order chi connectivity index (χ1) is 11.6. The first-order valence-electron chi connectivity index (χ1n) is 7.49. The number of carbonyl (C=O) groups is 2. The molecule has 0 bridgehead atoms. The van der Waals surface area contributed by atoms with Crippen molar-refractivity contribution >= 4 is 23.6 Å². The second-order valence-electron chi connectivity index (χ2n) is 5.40. The van der Waals surface area contributed by atoms with Gasteiger partial charge in [-0.05, 0) is 17.7 Å². The minimum absolute atomic E-state index is 0.179. The maximum atomic E-state index is 12.6. The van der Waals surface area contributed by atoms with Gasteiger partial charge in [0.1, 0.15) is 12.6 Å². The van der Waals surface area contributed by atoms with E-state index in [0.717, 1.165) is 17.0 Å². The summed E-state index contributed by atoms with van der Waals surface area (Å²) in [6.07, 6.45) is 2.29. The van der Waals surface area contributed by atoms with Crippen LogP contribution in [0.15, 0.2) is 30.6 Å². The number of nitrogens with one attached hydrogen (secondary N) is 2. The number of hydrogen-bond acceptors (Lipinski definition) is 4. The summed E-state index contributed by atoms with van der Waals surface area (Å²) in [4.78, 5) is 33.0. The number of nitrogens with zero attached hydrogens (tertiary/aromatic N) is 2. The normalized spacial score (nSPS) is 16.4. The number of carbonyl (C=O) groups excluding carboxylic acids is 2. The first kappa shape index (κ1) is 16.3. The molecule has 24 heavy (non-hydrogen) atoms. The smallest absolute Gasteiger partial charge is 0.325 e. The van der Waals surface area contributed by atoms with Gasteiger partial charge in [0.15, 0.2) is 0 Å². The number of ether oxygens (including phenoxy) is 1. The van der Waals surface area contributed by atoms with Gasteiger partial charge in [-0.1, -0.05) is 23.7 Å². The Morgan fingerprint density at radius 1 is 1.50 bits per heavy atom. The summed E-state index contributed by atoms with van der Waals surface area (Å²) in [7, 11) is 1.28. The molecule has 0 saturated carbocycles. The predicted octanol–water partition coefficient (Wildman–Crippen LogP) is 1.89. The minimum Gasteiger partial charge on any atom is -0.468 e. The van der Waals surface area contributed by atoms with E-state index in [-0.39, 0.29) is 18.6 Å². The van der Waals surface area contributed by atoms with E-state index >= 15 is 0 Å². The Hall–Kier alpha value is -2.54. The Bertz CT molecular complexity index is 761. The molecule has 2 amide bonds. The maximum absolute atomic E-state index is 12.6. The number of hydrogen-bond donors (Lipinski definition) is 2. The van der Waals surface area contributed by atoms with E-state index < -0.39 is 5.97 Å². The van der Waals surface area contributed by atoms with Gasteiger partial charge in [-0.25, -0.2) is 9.78 Å². The standard InChI is InChI=1S/C16H17ClN4O3/c1-24-13(22)8-18-16(23)21-6-5-12-14(20-9-19-12)15(21)10-3-2-4-11(17)7-10/h2-4,7,9,15H,5-6,8H2,1H3,(H,18,23)(H,19,20)/t15-/m1/s1. The second kappa shape index (κ2) is 6.92. The van der Waals surface area contributed by atoms with Crippen molar-refractivity contribution in [3.8, 4) is 0 Å². The number of rotatable bonds is 3. The van der Waals surface area contributed by atoms with Crippen molar-refractivity contribution in [3.05, 3.63) is 52.6 Å². The number of aromatic amines is 1. The summed E-state index contributed by atoms with van der Waals surface area (Å²) in [5.74, 6) is -0.500. The van der Waals surface area contributed by atoms with E-state index in [0.29, 0.717) is 18.0 Å². The van der Waals surface area contributed by atoms with E-state index in [2.05, 4.69) is 20.0 Å². The highest BCUT2D eigenvalue weighted by atomic mass is 35.5. The van der Waals surface area contributed by atoms with Crippen LogP contribution < -0.4 is 5.32 Å². The molecule has 0 saturated heterocycles. The highest BCUT2D eigenvalue weighted by Gasteiger charge is 2.34. The zero-order chi connectivity index (χ0) is 17.1. The molecule has 1 aromatic heterocycles. The summed E-state index contributed by atoms with van der Waals surface area (Å²) in [6.45, 7) is 0.320. The number of imidazole rings is 1. The third-order valence-corrected chi connectivity index (χ3v) is 4.20. The Morgan fingerprint density at radius 3 is 3.08 bits per heavy atom. The van der Waals surface area contributed by atoms with Gasteiger partial charge in [-0.3, -0.25) is 4.79 Å². The molecule has 1 atom stereocenters. The number of urea groups is 1. The van der Waals surface area contributed by atoms with Gasteiger partial charge in [0, 0.05) is 23.7 Å². The summed E-state index contributed by atoms with van der Waals surface area (Å²) < 4.78 is 4.55. The summed E-state index contributed by atoms with van der Waals surface area (Å²) in [6, 6.07) is 6.62. The highest BCUT2D eigenvalue weighted by Crippen LogP contribution is 2.34. The van der Waals surface area contributed by atoms with Crippen LogP contribution >= 0.6 is 11.6 Å². The Kier molecular flexibility index (Phi) is 4.71. The lowest BCUT2D eigenvalue weighted by atomic mass is 9.96. The van der Waals surface area contributed by atoms with Crippen LogP contribution in [-0.2, 0) is 16.0 Å². The van der Waals surface area contributed by atoms with Crippen LogP contribution in [0.1, 0.15) is 23.0 Å². The van der Waals surface area contributed by atoms with Crippen molar-refractivity contribution in [1.82, 2.24) is 20.2 Å². The predicted molar refractivity (Wildman–Crippen MR) is 87.7 cm³/mol. The molecule has 126 valence electrons. The molecule has 0 unspecified atom stereocenters. The highest BCUT2D eigenvalue weighted by molar-refractivity contribution is 6.30. The number of halogens is 1. The number of aromatic nitrogens is 2. The van der Waals surface area contributed by atoms with E-state index in [9.17, 15) is 9.59 Å². The molecule has 0 fully saturated rings. The van der Waals surface area contributed by atoms with E-state index in [4.69, 9.17) is 11.6 Å². The average molecular weight is 349 g/mol. The van der Waals surface area contributed by atoms with Crippen LogP contribution in [0.4, 0.5) is 4.79 Å². The molecular weight excluding hydrogens is 332 g/mol. The van der Waals surface area contributed by atoms with Crippen molar-refractivity contribution < 1.29 is 14.3 Å². The number of amides is 2. The van der Waals surface area contributed by atoms with Gasteiger partial charge < -0.3 is 19.9 Å². The van der Waals surface area contributed by atoms with Crippen molar-refractivity contribution in [2.24, 2.45) is 0 Å². The largest absolute Gasteiger partial charge is 0.468 e. The Morgan fingerprint density at radius 2 is 2.33 bits per heavy atom. The zero-order valence-electron chi connectivity index (χ0n) is 13.1. The second-order valence-corrected chi connectivity index (χ2v) is 5.84. The van der Waals surface area contributed by atoms with Gasteiger partial charge in [0.2, 0.25) is 0 Å². The number of methoxy groups -OCH3 is 1. The number of H-pyrrole nitrogens is 1. The lowest BCUT2D eigenvalue weighted by Gasteiger charge is -2.35. The van der Waals surface area contributed by atoms with Crippen molar-refractivity contribution in [2.45, 2.75) is 12.5 Å². The molecule has 1 aliphatic rings. The molecule has 3 rings (SSSR count). The Balaban J connectivity index is 1.90. The van der Waals surface area contributed by atoms with Crippen LogP contribution in [0.5, 0.6) is 0 Å². The van der Waals surface area contributed by atoms with Crippen molar-refractivity contribution in [2.75, 3.05) is 20.2 Å². The summed E-state index contributed by atoms with van der Waals surface area (Å²) >= 11 is 6.11. The molecule has 1 aromatic carbocycles. The first-order valence-corrected chi connectivity index (χ1v) is 7.87. The van der Waals surface area contributed by atoms with Gasteiger partial charge in [-0.2, -0.15) is 0 Å². The van der Waals surface area contributed by atoms with Crippen LogP contribution in [0.2, 0.25) is 5.02 Å². The SMILES string of the molecule is COC(=O)CNC(=O)N1CCc2[nH]cnc2[C@H]1c1cccc(Cl)c1. The molecule has 2 N–H and O–H groups in total. The fourth-order valence-corrected chi connectivity index (χ4v) is 3.03. The molecule has 7 nitrogen and oxygen atoms in total. The number of esters is 1. The van der Waals surface area contributed by atoms with Gasteiger partial charge in [0.25, 0.3) is 0 Å². The van der Waals surface area contributed by atoms with Gasteiger partial charge in [0.05, 0.1) is 19.1 Å². The molecular formula is C16H17ClN4O3. The quantitative estimate of drug-likeness (QED) is 0.829. The third-order valence-electron chi connectivity index (χ3n) is 3.96. The maximum Gasteiger partial charge on any atom is 0.325 e. The minimum atomic E-state index is -0.500. The van der Waals surface area contributed by atoms with Gasteiger partial charge in [-0.15, -0.1) is 0 Å². The molecule has 2 aromatic rings. The topological polar surface area (TPSA) is 87.3 Å². The fourth-order valence-electron chi connectivity index (χ4n) is 2.83. The van der Waals surface area contributed by atoms with Crippen LogP contribution in [0, 0.1) is 0 Å². The van der Waals surface area contributed by atoms with E-state index in [1.54, 1.807) is 17.3 Å². The molecule has 0 aliphatic carbocycles. The number of benzene rings is 1. The van der Waals surface area contributed by atoms with Crippen molar-refractivity contribution in [1.29, 1.82) is 0 Å². The molecule has 0 spiro atoms. The number of fused-ring (bicyclic) bond motifs is 1. The van der Waals surface area contributed by atoms with Crippen LogP contribution in [0.3, 0.4) is 0 Å². The molecule has 1 aliphatic heterocycles. The Labute approximate surface area is 144 Å². The summed E-state index contributed by atoms with van der Waals surface area (Å²) in [5.41, 5.74) is 2.65. The van der Waals surface area contributed by atoms with Crippen molar-refractivity contribution in [3.63, 3.8) is 0 Å². The van der Waals surface area contributed by atoms with E-state index in [1.807, 2.05) is 18.2 Å². The van der Waals surface area contributed by atoms with Crippen LogP contribution in [0.25, 0.3) is 0 Å². The average Bonchev–Trinajstić information content (AvgIpc) is 3.07. The fraction of sp³-hybridized carbons (Fsp3) is 0.312. The lowest BCUT2D eigenvalue weighted by molar-refractivity contribution is -0.139. The zero-order valence-corrected chi connectivity index (χ0v) is 13.8. The third kappa shape index (κ3) is 3.21. The molecule has 8 heteroatoms. The van der Waals surface area contributed by atoms with Crippen LogP contribution in [-0.4, -0.2) is 47.1 Å².